The van der Waals surface area contributed by atoms with E-state index >= 15 is 0 Å². The van der Waals surface area contributed by atoms with Gasteiger partial charge in [0.2, 0.25) is 0 Å². The Morgan fingerprint density at radius 2 is 1.67 bits per heavy atom. The normalized spacial score (nSPS) is 10.8. The number of para-hydroxylation sites is 1. The van der Waals surface area contributed by atoms with Crippen LogP contribution in [0, 0.1) is 6.92 Å². The highest BCUT2D eigenvalue weighted by molar-refractivity contribution is 7.14. The van der Waals surface area contributed by atoms with Crippen molar-refractivity contribution in [1.82, 2.24) is 9.97 Å². The average Bonchev–Trinajstić information content (AvgIpc) is 3.32. The minimum Gasteiger partial charge on any atom is -0.496 e. The zero-order valence-electron chi connectivity index (χ0n) is 18.2. The van der Waals surface area contributed by atoms with Crippen molar-refractivity contribution in [3.8, 4) is 28.3 Å². The summed E-state index contributed by atoms with van der Waals surface area (Å²) in [5, 5.41) is 6.26. The third kappa shape index (κ3) is 4.21. The molecule has 0 spiro atoms. The summed E-state index contributed by atoms with van der Waals surface area (Å²) in [6.45, 7) is 2.00. The molecule has 6 heteroatoms. The molecule has 33 heavy (non-hydrogen) atoms. The van der Waals surface area contributed by atoms with Gasteiger partial charge in [-0.1, -0.05) is 48.5 Å². The van der Waals surface area contributed by atoms with Crippen LogP contribution in [-0.4, -0.2) is 23.0 Å². The fourth-order valence-corrected chi connectivity index (χ4v) is 4.50. The van der Waals surface area contributed by atoms with Crippen molar-refractivity contribution in [2.45, 2.75) is 6.92 Å². The number of benzene rings is 3. The van der Waals surface area contributed by atoms with E-state index in [9.17, 15) is 4.79 Å². The monoisotopic (exact) mass is 451 g/mol. The third-order valence-corrected chi connectivity index (χ3v) is 6.20. The molecular formula is C27H21N3O2S. The predicted octanol–water partition coefficient (Wildman–Crippen LogP) is 6.59. The molecule has 162 valence electrons. The number of amides is 1. The summed E-state index contributed by atoms with van der Waals surface area (Å²) in [6.07, 6.45) is 0. The molecule has 0 aliphatic rings. The van der Waals surface area contributed by atoms with Crippen molar-refractivity contribution < 1.29 is 9.53 Å². The Morgan fingerprint density at radius 3 is 2.45 bits per heavy atom. The van der Waals surface area contributed by atoms with Crippen molar-refractivity contribution in [2.24, 2.45) is 0 Å². The summed E-state index contributed by atoms with van der Waals surface area (Å²) in [4.78, 5) is 22.7. The number of carbonyl (C=O) groups excluding carboxylic acids is 1. The van der Waals surface area contributed by atoms with Crippen LogP contribution >= 0.6 is 11.3 Å². The number of thiazole rings is 1. The Morgan fingerprint density at radius 1 is 0.879 bits per heavy atom. The van der Waals surface area contributed by atoms with Crippen LogP contribution in [0.2, 0.25) is 0 Å². The summed E-state index contributed by atoms with van der Waals surface area (Å²) < 4.78 is 5.34. The number of aromatic nitrogens is 2. The second-order valence-electron chi connectivity index (χ2n) is 7.61. The van der Waals surface area contributed by atoms with Gasteiger partial charge in [-0.25, -0.2) is 9.97 Å². The van der Waals surface area contributed by atoms with Gasteiger partial charge in [-0.05, 0) is 42.8 Å². The Hall–Kier alpha value is -4.03. The number of pyridine rings is 1. The van der Waals surface area contributed by atoms with Crippen LogP contribution < -0.4 is 10.1 Å². The van der Waals surface area contributed by atoms with Crippen molar-refractivity contribution >= 4 is 33.3 Å². The van der Waals surface area contributed by atoms with E-state index in [0.717, 1.165) is 44.7 Å². The maximum atomic E-state index is 13.3. The number of hydrogen-bond donors (Lipinski definition) is 1. The van der Waals surface area contributed by atoms with Crippen molar-refractivity contribution in [2.75, 3.05) is 12.4 Å². The first-order valence-electron chi connectivity index (χ1n) is 10.5. The number of nitrogens with zero attached hydrogens (tertiary/aromatic N) is 2. The highest BCUT2D eigenvalue weighted by Crippen LogP contribution is 2.30. The Kier molecular flexibility index (Phi) is 5.59. The lowest BCUT2D eigenvalue weighted by Crippen LogP contribution is -2.13. The highest BCUT2D eigenvalue weighted by atomic mass is 32.1. The van der Waals surface area contributed by atoms with Gasteiger partial charge >= 0.3 is 0 Å². The van der Waals surface area contributed by atoms with Gasteiger partial charge in [-0.2, -0.15) is 0 Å². The number of hydrogen-bond acceptors (Lipinski definition) is 5. The van der Waals surface area contributed by atoms with E-state index in [0.29, 0.717) is 10.7 Å². The van der Waals surface area contributed by atoms with E-state index in [2.05, 4.69) is 10.3 Å². The molecule has 0 radical (unpaired) electrons. The molecular weight excluding hydrogens is 430 g/mol. The van der Waals surface area contributed by atoms with Crippen molar-refractivity contribution in [1.29, 1.82) is 0 Å². The summed E-state index contributed by atoms with van der Waals surface area (Å²) >= 11 is 1.40. The molecule has 1 amide bonds. The lowest BCUT2D eigenvalue weighted by atomic mass is 10.0. The number of nitrogens with one attached hydrogen (secondary N) is 1. The van der Waals surface area contributed by atoms with Crippen LogP contribution in [-0.2, 0) is 0 Å². The van der Waals surface area contributed by atoms with Crippen LogP contribution in [0.1, 0.15) is 15.9 Å². The SMILES string of the molecule is COc1ccc(-c2csc(NC(=O)c3cc(-c4ccccc4)nc4ccccc34)n2)cc1C. The highest BCUT2D eigenvalue weighted by Gasteiger charge is 2.16. The molecule has 0 saturated carbocycles. The fourth-order valence-electron chi connectivity index (χ4n) is 3.79. The molecule has 0 bridgehead atoms. The second kappa shape index (κ2) is 8.84. The van der Waals surface area contributed by atoms with Gasteiger partial charge in [-0.15, -0.1) is 11.3 Å². The molecule has 1 N–H and O–H groups in total. The molecule has 0 fully saturated rings. The average molecular weight is 452 g/mol. The first-order chi connectivity index (χ1) is 16.1. The number of ether oxygens (including phenoxy) is 1. The second-order valence-corrected chi connectivity index (χ2v) is 8.47. The van der Waals surface area contributed by atoms with Crippen LogP contribution in [0.3, 0.4) is 0 Å². The maximum Gasteiger partial charge on any atom is 0.258 e. The fraction of sp³-hybridized carbons (Fsp3) is 0.0741. The molecule has 0 unspecified atom stereocenters. The molecule has 5 rings (SSSR count). The van der Waals surface area contributed by atoms with Crippen molar-refractivity contribution in [3.63, 3.8) is 0 Å². The van der Waals surface area contributed by atoms with Gasteiger partial charge < -0.3 is 4.74 Å². The Labute approximate surface area is 195 Å². The number of aryl methyl sites for hydroxylation is 1. The number of carbonyl (C=O) groups is 1. The van der Waals surface area contributed by atoms with E-state index in [-0.39, 0.29) is 5.91 Å². The minimum atomic E-state index is -0.211. The molecule has 5 nitrogen and oxygen atoms in total. The standard InChI is InChI=1S/C27H21N3O2S/c1-17-14-19(12-13-25(17)32-2)24-16-33-27(29-24)30-26(31)21-15-23(18-8-4-3-5-9-18)28-22-11-7-6-10-20(21)22/h3-16H,1-2H3,(H,29,30,31). The van der Waals surface area contributed by atoms with E-state index in [1.165, 1.54) is 11.3 Å². The van der Waals surface area contributed by atoms with Crippen LogP contribution in [0.4, 0.5) is 5.13 Å². The topological polar surface area (TPSA) is 64.1 Å². The van der Waals surface area contributed by atoms with Crippen molar-refractivity contribution in [3.05, 3.63) is 95.4 Å². The largest absolute Gasteiger partial charge is 0.496 e. The Bertz CT molecular complexity index is 1460. The van der Waals surface area contributed by atoms with E-state index in [1.54, 1.807) is 7.11 Å². The molecule has 3 aromatic carbocycles. The van der Waals surface area contributed by atoms with Gasteiger partial charge in [0.25, 0.3) is 5.91 Å². The van der Waals surface area contributed by atoms with Crippen LogP contribution in [0.25, 0.3) is 33.4 Å². The van der Waals surface area contributed by atoms with Crippen LogP contribution in [0.15, 0.2) is 84.2 Å². The van der Waals surface area contributed by atoms with Gasteiger partial charge in [0.05, 0.1) is 29.6 Å². The van der Waals surface area contributed by atoms with Gasteiger partial charge in [0.15, 0.2) is 5.13 Å². The summed E-state index contributed by atoms with van der Waals surface area (Å²) in [5.41, 5.74) is 5.88. The maximum absolute atomic E-state index is 13.3. The van der Waals surface area contributed by atoms with E-state index in [4.69, 9.17) is 9.72 Å². The summed E-state index contributed by atoms with van der Waals surface area (Å²) in [7, 11) is 1.66. The lowest BCUT2D eigenvalue weighted by molar-refractivity contribution is 0.102. The molecule has 0 aliphatic carbocycles. The predicted molar refractivity (Wildman–Crippen MR) is 134 cm³/mol. The van der Waals surface area contributed by atoms with Gasteiger partial charge in [0, 0.05) is 21.9 Å². The lowest BCUT2D eigenvalue weighted by Gasteiger charge is -2.09. The zero-order valence-corrected chi connectivity index (χ0v) is 19.0. The first-order valence-corrected chi connectivity index (χ1v) is 11.4. The van der Waals surface area contributed by atoms with Gasteiger partial charge in [0.1, 0.15) is 5.75 Å². The van der Waals surface area contributed by atoms with E-state index < -0.39 is 0 Å². The molecule has 0 saturated heterocycles. The molecule has 2 aromatic heterocycles. The van der Waals surface area contributed by atoms with E-state index in [1.807, 2.05) is 91.2 Å². The molecule has 0 aliphatic heterocycles. The van der Waals surface area contributed by atoms with Gasteiger partial charge in [-0.3, -0.25) is 10.1 Å². The minimum absolute atomic E-state index is 0.211. The number of anilines is 1. The molecule has 0 atom stereocenters. The number of fused-ring (bicyclic) bond motifs is 1. The number of methoxy groups -OCH3 is 1. The zero-order chi connectivity index (χ0) is 22.8. The summed E-state index contributed by atoms with van der Waals surface area (Å²) in [6, 6.07) is 25.3. The Balaban J connectivity index is 1.47. The number of rotatable bonds is 5. The quantitative estimate of drug-likeness (QED) is 0.327. The molecule has 2 heterocycles. The third-order valence-electron chi connectivity index (χ3n) is 5.45. The molecule has 5 aromatic rings. The first kappa shape index (κ1) is 20.8. The smallest absolute Gasteiger partial charge is 0.258 e. The summed E-state index contributed by atoms with van der Waals surface area (Å²) in [5.74, 6) is 0.624. The van der Waals surface area contributed by atoms with Crippen LogP contribution in [0.5, 0.6) is 5.75 Å².